The van der Waals surface area contributed by atoms with Crippen LogP contribution in [0.4, 0.5) is 0 Å². The van der Waals surface area contributed by atoms with Gasteiger partial charge in [-0.2, -0.15) is 0 Å². The van der Waals surface area contributed by atoms with Crippen molar-refractivity contribution in [3.63, 3.8) is 0 Å². The molecule has 2 rings (SSSR count). The summed E-state index contributed by atoms with van der Waals surface area (Å²) in [4.78, 5) is 12.4. The fourth-order valence-corrected chi connectivity index (χ4v) is 3.81. The first-order valence-electron chi connectivity index (χ1n) is 7.60. The van der Waals surface area contributed by atoms with E-state index in [4.69, 9.17) is 0 Å². The minimum Gasteiger partial charge on any atom is -0.349 e. The lowest BCUT2D eigenvalue weighted by Crippen LogP contribution is -2.43. The van der Waals surface area contributed by atoms with Gasteiger partial charge in [0.05, 0.1) is 12.3 Å². The summed E-state index contributed by atoms with van der Waals surface area (Å²) in [6, 6.07) is 7.96. The third-order valence-corrected chi connectivity index (χ3v) is 5.61. The van der Waals surface area contributed by atoms with Crippen LogP contribution in [0.15, 0.2) is 24.3 Å². The lowest BCUT2D eigenvalue weighted by atomic mass is 9.96. The molecule has 1 aromatic carbocycles. The van der Waals surface area contributed by atoms with Gasteiger partial charge in [-0.1, -0.05) is 24.3 Å². The van der Waals surface area contributed by atoms with E-state index in [-0.39, 0.29) is 17.9 Å². The number of benzene rings is 1. The summed E-state index contributed by atoms with van der Waals surface area (Å²) >= 11 is 0. The summed E-state index contributed by atoms with van der Waals surface area (Å²) in [6.07, 6.45) is 2.38. The molecule has 1 N–H and O–H groups in total. The predicted octanol–water partition coefficient (Wildman–Crippen LogP) is 1.84. The minimum atomic E-state index is -3.15. The molecule has 0 unspecified atom stereocenters. The molecule has 0 spiro atoms. The van der Waals surface area contributed by atoms with Gasteiger partial charge in [-0.25, -0.2) is 12.7 Å². The second-order valence-corrected chi connectivity index (χ2v) is 8.01. The molecule has 1 saturated heterocycles. The van der Waals surface area contributed by atoms with Crippen LogP contribution in [0.2, 0.25) is 0 Å². The molecule has 0 aromatic heterocycles. The zero-order valence-corrected chi connectivity index (χ0v) is 14.2. The standard InChI is InChI=1S/C16H24N2O3S/c1-12-6-4-5-7-15(12)13(2)17-16(19)14-8-10-18(11-9-14)22(3,20)21/h4-7,13-14H,8-11H2,1-3H3,(H,17,19)/t13-/m0/s1. The molecule has 1 aliphatic rings. The maximum absolute atomic E-state index is 12.4. The van der Waals surface area contributed by atoms with Gasteiger partial charge in [-0.3, -0.25) is 4.79 Å². The van der Waals surface area contributed by atoms with Crippen molar-refractivity contribution in [3.8, 4) is 0 Å². The fourth-order valence-electron chi connectivity index (χ4n) is 2.93. The van der Waals surface area contributed by atoms with Crippen molar-refractivity contribution in [1.82, 2.24) is 9.62 Å². The van der Waals surface area contributed by atoms with Crippen molar-refractivity contribution in [3.05, 3.63) is 35.4 Å². The first-order chi connectivity index (χ1) is 10.3. The van der Waals surface area contributed by atoms with E-state index in [1.165, 1.54) is 10.6 Å². The lowest BCUT2D eigenvalue weighted by molar-refractivity contribution is -0.126. The largest absolute Gasteiger partial charge is 0.349 e. The second kappa shape index (κ2) is 6.79. The van der Waals surface area contributed by atoms with Crippen LogP contribution in [0.3, 0.4) is 0 Å². The van der Waals surface area contributed by atoms with E-state index in [0.717, 1.165) is 11.1 Å². The Hall–Kier alpha value is -1.40. The van der Waals surface area contributed by atoms with Crippen molar-refractivity contribution < 1.29 is 13.2 Å². The maximum Gasteiger partial charge on any atom is 0.223 e. The number of piperidine rings is 1. The number of amides is 1. The third kappa shape index (κ3) is 4.08. The summed E-state index contributed by atoms with van der Waals surface area (Å²) < 4.78 is 24.4. The van der Waals surface area contributed by atoms with Crippen molar-refractivity contribution in [1.29, 1.82) is 0 Å². The van der Waals surface area contributed by atoms with Gasteiger partial charge in [0, 0.05) is 19.0 Å². The van der Waals surface area contributed by atoms with Crippen molar-refractivity contribution in [2.24, 2.45) is 5.92 Å². The molecule has 1 fully saturated rings. The number of carbonyl (C=O) groups excluding carboxylic acids is 1. The van der Waals surface area contributed by atoms with Crippen LogP contribution >= 0.6 is 0 Å². The van der Waals surface area contributed by atoms with Gasteiger partial charge < -0.3 is 5.32 Å². The number of sulfonamides is 1. The number of nitrogens with zero attached hydrogens (tertiary/aromatic N) is 1. The first kappa shape index (κ1) is 17.0. The molecule has 1 aliphatic heterocycles. The predicted molar refractivity (Wildman–Crippen MR) is 86.9 cm³/mol. The highest BCUT2D eigenvalue weighted by atomic mass is 32.2. The molecule has 1 aromatic rings. The van der Waals surface area contributed by atoms with Crippen molar-refractivity contribution in [2.75, 3.05) is 19.3 Å². The Morgan fingerprint density at radius 1 is 1.27 bits per heavy atom. The van der Waals surface area contributed by atoms with Crippen LogP contribution in [-0.4, -0.2) is 38.0 Å². The van der Waals surface area contributed by atoms with Crippen LogP contribution in [0.1, 0.15) is 36.9 Å². The summed E-state index contributed by atoms with van der Waals surface area (Å²) in [5.41, 5.74) is 2.27. The molecule has 122 valence electrons. The number of nitrogens with one attached hydrogen (secondary N) is 1. The fraction of sp³-hybridized carbons (Fsp3) is 0.562. The van der Waals surface area contributed by atoms with Gasteiger partial charge in [0.25, 0.3) is 0 Å². The van der Waals surface area contributed by atoms with E-state index in [1.54, 1.807) is 0 Å². The molecule has 0 radical (unpaired) electrons. The van der Waals surface area contributed by atoms with Crippen LogP contribution in [0.5, 0.6) is 0 Å². The number of hydrogen-bond acceptors (Lipinski definition) is 3. The third-order valence-electron chi connectivity index (χ3n) is 4.31. The molecule has 1 amide bonds. The Morgan fingerprint density at radius 2 is 1.86 bits per heavy atom. The van der Waals surface area contributed by atoms with Crippen molar-refractivity contribution >= 4 is 15.9 Å². The normalized spacial score (nSPS) is 18.9. The Balaban J connectivity index is 1.93. The van der Waals surface area contributed by atoms with Crippen LogP contribution in [0.25, 0.3) is 0 Å². The quantitative estimate of drug-likeness (QED) is 0.919. The van der Waals surface area contributed by atoms with Gasteiger partial charge in [0.1, 0.15) is 0 Å². The van der Waals surface area contributed by atoms with E-state index in [2.05, 4.69) is 5.32 Å². The zero-order valence-electron chi connectivity index (χ0n) is 13.4. The average Bonchev–Trinajstić information content (AvgIpc) is 2.46. The Labute approximate surface area is 132 Å². The summed E-state index contributed by atoms with van der Waals surface area (Å²) in [5.74, 6) is -0.0895. The molecular weight excluding hydrogens is 300 g/mol. The van der Waals surface area contributed by atoms with Crippen LogP contribution in [0, 0.1) is 12.8 Å². The Bertz CT molecular complexity index is 635. The molecule has 0 aliphatic carbocycles. The highest BCUT2D eigenvalue weighted by Crippen LogP contribution is 2.22. The highest BCUT2D eigenvalue weighted by Gasteiger charge is 2.29. The van der Waals surface area contributed by atoms with Crippen LogP contribution in [-0.2, 0) is 14.8 Å². The lowest BCUT2D eigenvalue weighted by Gasteiger charge is -2.30. The van der Waals surface area contributed by atoms with E-state index in [0.29, 0.717) is 25.9 Å². The number of carbonyl (C=O) groups is 1. The summed E-state index contributed by atoms with van der Waals surface area (Å²) in [6.45, 7) is 4.86. The van der Waals surface area contributed by atoms with E-state index in [1.807, 2.05) is 38.1 Å². The Morgan fingerprint density at radius 3 is 2.41 bits per heavy atom. The number of aryl methyl sites for hydroxylation is 1. The van der Waals surface area contributed by atoms with Gasteiger partial charge in [0.15, 0.2) is 0 Å². The molecule has 0 saturated carbocycles. The van der Waals surface area contributed by atoms with Crippen LogP contribution < -0.4 is 5.32 Å². The monoisotopic (exact) mass is 324 g/mol. The minimum absolute atomic E-state index is 0.0175. The molecule has 1 atom stereocenters. The van der Waals surface area contributed by atoms with E-state index >= 15 is 0 Å². The Kier molecular flexibility index (Phi) is 5.24. The van der Waals surface area contributed by atoms with E-state index < -0.39 is 10.0 Å². The first-order valence-corrected chi connectivity index (χ1v) is 9.45. The second-order valence-electron chi connectivity index (χ2n) is 6.02. The topological polar surface area (TPSA) is 66.5 Å². The van der Waals surface area contributed by atoms with Gasteiger partial charge in [0.2, 0.25) is 15.9 Å². The molecule has 1 heterocycles. The zero-order chi connectivity index (χ0) is 16.3. The van der Waals surface area contributed by atoms with Gasteiger partial charge >= 0.3 is 0 Å². The van der Waals surface area contributed by atoms with Gasteiger partial charge in [-0.05, 0) is 37.8 Å². The van der Waals surface area contributed by atoms with Crippen molar-refractivity contribution in [2.45, 2.75) is 32.7 Å². The highest BCUT2D eigenvalue weighted by molar-refractivity contribution is 7.88. The molecular formula is C16H24N2O3S. The average molecular weight is 324 g/mol. The SMILES string of the molecule is Cc1ccccc1[C@H](C)NC(=O)C1CCN(S(C)(=O)=O)CC1. The number of rotatable bonds is 4. The summed E-state index contributed by atoms with van der Waals surface area (Å²) in [5, 5.41) is 3.05. The molecule has 5 nitrogen and oxygen atoms in total. The summed E-state index contributed by atoms with van der Waals surface area (Å²) in [7, 11) is -3.15. The molecule has 22 heavy (non-hydrogen) atoms. The molecule has 0 bridgehead atoms. The van der Waals surface area contributed by atoms with E-state index in [9.17, 15) is 13.2 Å². The molecule has 6 heteroatoms. The van der Waals surface area contributed by atoms with Gasteiger partial charge in [-0.15, -0.1) is 0 Å². The maximum atomic E-state index is 12.4. The smallest absolute Gasteiger partial charge is 0.223 e. The number of hydrogen-bond donors (Lipinski definition) is 1.